The van der Waals surface area contributed by atoms with Gasteiger partial charge in [-0.2, -0.15) is 0 Å². The molecular formula is C11H19N3O4S3. The zero-order valence-electron chi connectivity index (χ0n) is 11.6. The molecule has 1 aromatic rings. The van der Waals surface area contributed by atoms with Crippen LogP contribution in [0.2, 0.25) is 0 Å². The Hall–Kier alpha value is -0.810. The minimum atomic E-state index is -3.49. The molecule has 120 valence electrons. The lowest BCUT2D eigenvalue weighted by Gasteiger charge is -2.07. The number of benzene rings is 1. The van der Waals surface area contributed by atoms with E-state index in [0.717, 1.165) is 4.90 Å². The predicted octanol–water partition coefficient (Wildman–Crippen LogP) is -0.170. The Morgan fingerprint density at radius 1 is 1.14 bits per heavy atom. The Morgan fingerprint density at radius 3 is 2.48 bits per heavy atom. The van der Waals surface area contributed by atoms with Crippen LogP contribution < -0.4 is 15.2 Å². The van der Waals surface area contributed by atoms with Gasteiger partial charge in [-0.15, -0.1) is 11.8 Å². The topological polar surface area (TPSA) is 118 Å². The van der Waals surface area contributed by atoms with E-state index in [1.165, 1.54) is 18.8 Å². The standard InChI is InChI=1S/C11H19N3O4S3/c1-13-20(15,16)7-5-14-21(17,18)8-6-19-11-4-2-3-10(12)9-11/h2-4,9,13-14H,5-8,12H2,1H3. The summed E-state index contributed by atoms with van der Waals surface area (Å²) in [4.78, 5) is 0.892. The highest BCUT2D eigenvalue weighted by atomic mass is 32.2. The molecule has 0 bridgehead atoms. The first-order valence-electron chi connectivity index (χ1n) is 6.11. The third-order valence-corrected chi connectivity index (χ3v) is 6.49. The van der Waals surface area contributed by atoms with Crippen LogP contribution in [-0.4, -0.2) is 47.7 Å². The lowest BCUT2D eigenvalue weighted by molar-refractivity contribution is 0.579. The molecule has 0 saturated heterocycles. The monoisotopic (exact) mass is 353 g/mol. The summed E-state index contributed by atoms with van der Waals surface area (Å²) in [5, 5.41) is 0. The van der Waals surface area contributed by atoms with Crippen molar-refractivity contribution in [2.75, 3.05) is 36.6 Å². The van der Waals surface area contributed by atoms with E-state index in [1.807, 2.05) is 6.07 Å². The Kier molecular flexibility index (Phi) is 6.94. The van der Waals surface area contributed by atoms with Crippen LogP contribution in [0, 0.1) is 0 Å². The fourth-order valence-corrected chi connectivity index (χ4v) is 4.48. The second kappa shape index (κ2) is 7.99. The first-order chi connectivity index (χ1) is 9.74. The Labute approximate surface area is 129 Å². The lowest BCUT2D eigenvalue weighted by atomic mass is 10.3. The first kappa shape index (κ1) is 18.2. The van der Waals surface area contributed by atoms with Crippen LogP contribution >= 0.6 is 11.8 Å². The number of rotatable bonds is 9. The summed E-state index contributed by atoms with van der Waals surface area (Å²) < 4.78 is 50.1. The zero-order valence-corrected chi connectivity index (χ0v) is 14.0. The van der Waals surface area contributed by atoms with Crippen LogP contribution in [0.1, 0.15) is 0 Å². The zero-order chi connectivity index (χ0) is 15.9. The molecule has 0 amide bonds. The van der Waals surface area contributed by atoms with E-state index >= 15 is 0 Å². The van der Waals surface area contributed by atoms with Gasteiger partial charge in [0.1, 0.15) is 0 Å². The van der Waals surface area contributed by atoms with Crippen molar-refractivity contribution in [2.45, 2.75) is 4.90 Å². The van der Waals surface area contributed by atoms with Gasteiger partial charge in [-0.3, -0.25) is 0 Å². The fraction of sp³-hybridized carbons (Fsp3) is 0.455. The number of anilines is 1. The first-order valence-corrected chi connectivity index (χ1v) is 10.4. The van der Waals surface area contributed by atoms with Crippen molar-refractivity contribution in [3.05, 3.63) is 24.3 Å². The van der Waals surface area contributed by atoms with E-state index in [1.54, 1.807) is 18.2 Å². The summed E-state index contributed by atoms with van der Waals surface area (Å²) >= 11 is 1.38. The van der Waals surface area contributed by atoms with Crippen molar-refractivity contribution in [2.24, 2.45) is 0 Å². The number of nitrogens with two attached hydrogens (primary N) is 1. The average molecular weight is 353 g/mol. The maximum absolute atomic E-state index is 11.7. The molecule has 0 aliphatic rings. The Morgan fingerprint density at radius 2 is 1.86 bits per heavy atom. The molecule has 0 aliphatic heterocycles. The van der Waals surface area contributed by atoms with Gasteiger partial charge in [0.25, 0.3) is 0 Å². The van der Waals surface area contributed by atoms with Crippen LogP contribution in [0.3, 0.4) is 0 Å². The summed E-state index contributed by atoms with van der Waals surface area (Å²) in [6, 6.07) is 7.17. The molecule has 0 aliphatic carbocycles. The van der Waals surface area contributed by atoms with Gasteiger partial charge >= 0.3 is 0 Å². The molecule has 0 aromatic heterocycles. The minimum Gasteiger partial charge on any atom is -0.399 e. The SMILES string of the molecule is CNS(=O)(=O)CCNS(=O)(=O)CCSc1cccc(N)c1. The van der Waals surface area contributed by atoms with Crippen molar-refractivity contribution in [3.63, 3.8) is 0 Å². The van der Waals surface area contributed by atoms with Gasteiger partial charge in [0.2, 0.25) is 20.0 Å². The van der Waals surface area contributed by atoms with E-state index in [2.05, 4.69) is 9.44 Å². The average Bonchev–Trinajstić information content (AvgIpc) is 2.38. The van der Waals surface area contributed by atoms with Crippen LogP contribution in [0.15, 0.2) is 29.2 Å². The molecule has 0 heterocycles. The van der Waals surface area contributed by atoms with Gasteiger partial charge in [0, 0.05) is 22.9 Å². The normalized spacial score (nSPS) is 12.4. The van der Waals surface area contributed by atoms with Crippen LogP contribution in [0.5, 0.6) is 0 Å². The minimum absolute atomic E-state index is 0.0912. The molecule has 7 nitrogen and oxygen atoms in total. The highest BCUT2D eigenvalue weighted by molar-refractivity contribution is 8.00. The quantitative estimate of drug-likeness (QED) is 0.419. The smallest absolute Gasteiger partial charge is 0.212 e. The third kappa shape index (κ3) is 7.67. The predicted molar refractivity (Wildman–Crippen MR) is 86.2 cm³/mol. The van der Waals surface area contributed by atoms with Crippen molar-refractivity contribution in [1.29, 1.82) is 0 Å². The molecule has 0 unspecified atom stereocenters. The molecular weight excluding hydrogens is 334 g/mol. The van der Waals surface area contributed by atoms with E-state index in [9.17, 15) is 16.8 Å². The van der Waals surface area contributed by atoms with E-state index in [4.69, 9.17) is 5.73 Å². The van der Waals surface area contributed by atoms with Crippen LogP contribution in [0.4, 0.5) is 5.69 Å². The van der Waals surface area contributed by atoms with Crippen molar-refractivity contribution < 1.29 is 16.8 Å². The largest absolute Gasteiger partial charge is 0.399 e. The van der Waals surface area contributed by atoms with Crippen molar-refractivity contribution >= 4 is 37.5 Å². The molecule has 0 spiro atoms. The summed E-state index contributed by atoms with van der Waals surface area (Å²) in [5.41, 5.74) is 6.25. The third-order valence-electron chi connectivity index (χ3n) is 2.48. The van der Waals surface area contributed by atoms with Crippen molar-refractivity contribution in [3.8, 4) is 0 Å². The molecule has 1 aromatic carbocycles. The van der Waals surface area contributed by atoms with E-state index in [0.29, 0.717) is 11.4 Å². The molecule has 0 atom stereocenters. The summed E-state index contributed by atoms with van der Waals surface area (Å²) in [6.07, 6.45) is 0. The summed E-state index contributed by atoms with van der Waals surface area (Å²) in [7, 11) is -5.61. The van der Waals surface area contributed by atoms with Gasteiger partial charge in [-0.25, -0.2) is 26.3 Å². The Bertz CT molecular complexity index is 659. The number of sulfonamides is 2. The number of hydrogen-bond acceptors (Lipinski definition) is 6. The van der Waals surface area contributed by atoms with Gasteiger partial charge < -0.3 is 5.73 Å². The lowest BCUT2D eigenvalue weighted by Crippen LogP contribution is -2.34. The van der Waals surface area contributed by atoms with Crippen molar-refractivity contribution in [1.82, 2.24) is 9.44 Å². The van der Waals surface area contributed by atoms with Gasteiger partial charge in [0.15, 0.2) is 0 Å². The molecule has 4 N–H and O–H groups in total. The summed E-state index contributed by atoms with van der Waals surface area (Å²) in [5.74, 6) is -0.0191. The van der Waals surface area contributed by atoms with Gasteiger partial charge in [-0.1, -0.05) is 6.07 Å². The molecule has 21 heavy (non-hydrogen) atoms. The highest BCUT2D eigenvalue weighted by Gasteiger charge is 2.13. The fourth-order valence-electron chi connectivity index (χ4n) is 1.38. The second-order valence-corrected chi connectivity index (χ2v) is 9.30. The maximum atomic E-state index is 11.7. The van der Waals surface area contributed by atoms with Gasteiger partial charge in [-0.05, 0) is 25.2 Å². The molecule has 0 radical (unpaired) electrons. The van der Waals surface area contributed by atoms with E-state index in [-0.39, 0.29) is 18.1 Å². The maximum Gasteiger partial charge on any atom is 0.212 e. The molecule has 0 saturated carbocycles. The second-order valence-electron chi connectivity index (χ2n) is 4.16. The number of hydrogen-bond donors (Lipinski definition) is 3. The van der Waals surface area contributed by atoms with E-state index < -0.39 is 20.0 Å². The molecule has 1 rings (SSSR count). The summed E-state index contributed by atoms with van der Waals surface area (Å²) in [6.45, 7) is -0.144. The number of nitrogen functional groups attached to an aromatic ring is 1. The number of thioether (sulfide) groups is 1. The van der Waals surface area contributed by atoms with Crippen LogP contribution in [0.25, 0.3) is 0 Å². The highest BCUT2D eigenvalue weighted by Crippen LogP contribution is 2.20. The van der Waals surface area contributed by atoms with Gasteiger partial charge in [0.05, 0.1) is 11.5 Å². The molecule has 0 fully saturated rings. The van der Waals surface area contributed by atoms with Crippen LogP contribution in [-0.2, 0) is 20.0 Å². The number of nitrogens with one attached hydrogen (secondary N) is 2. The Balaban J connectivity index is 2.36. The molecule has 10 heteroatoms.